The molecule has 5 heterocycles. The fraction of sp³-hybridized carbons (Fsp3) is 0.280. The zero-order valence-electron chi connectivity index (χ0n) is 19.4. The van der Waals surface area contributed by atoms with Crippen molar-refractivity contribution in [2.24, 2.45) is 12.8 Å². The molecule has 0 aliphatic carbocycles. The minimum absolute atomic E-state index is 0.116. The molecule has 5 aromatic rings. The molecular weight excluding hydrogens is 469 g/mol. The number of hydrogen-bond acceptors (Lipinski definition) is 6. The molecule has 2 N–H and O–H groups in total. The number of nitrogens with two attached hydrogens (primary N) is 1. The predicted molar refractivity (Wildman–Crippen MR) is 129 cm³/mol. The van der Waals surface area contributed by atoms with Crippen LogP contribution in [0.25, 0.3) is 39.2 Å². The first-order valence-electron chi connectivity index (χ1n) is 11.6. The summed E-state index contributed by atoms with van der Waals surface area (Å²) in [5.41, 5.74) is 9.64. The summed E-state index contributed by atoms with van der Waals surface area (Å²) in [4.78, 5) is 6.16. The number of aryl methyl sites for hydroxylation is 1. The molecule has 1 aliphatic heterocycles. The van der Waals surface area contributed by atoms with Gasteiger partial charge in [-0.2, -0.15) is 18.3 Å². The molecule has 4 aromatic heterocycles. The zero-order chi connectivity index (χ0) is 25.0. The van der Waals surface area contributed by atoms with E-state index >= 15 is 0 Å². The van der Waals surface area contributed by atoms with Gasteiger partial charge < -0.3 is 5.73 Å². The van der Waals surface area contributed by atoms with Crippen LogP contribution in [0.1, 0.15) is 18.0 Å². The van der Waals surface area contributed by atoms with Crippen LogP contribution in [0.2, 0.25) is 0 Å². The van der Waals surface area contributed by atoms with E-state index in [1.54, 1.807) is 27.4 Å². The lowest BCUT2D eigenvalue weighted by Crippen LogP contribution is -2.38. The average molecular weight is 493 g/mol. The molecular formula is C25H23F3N8. The molecule has 184 valence electrons. The number of rotatable bonds is 4. The fourth-order valence-electron chi connectivity index (χ4n) is 4.89. The van der Waals surface area contributed by atoms with Gasteiger partial charge in [0.25, 0.3) is 0 Å². The molecule has 1 fully saturated rings. The first-order chi connectivity index (χ1) is 17.3. The maximum atomic E-state index is 14.1. The highest BCUT2D eigenvalue weighted by atomic mass is 19.4. The highest BCUT2D eigenvalue weighted by Gasteiger charge is 2.46. The highest BCUT2D eigenvalue weighted by Crippen LogP contribution is 2.39. The van der Waals surface area contributed by atoms with Crippen molar-refractivity contribution in [1.82, 2.24) is 34.3 Å². The second kappa shape index (κ2) is 8.38. The van der Waals surface area contributed by atoms with Crippen LogP contribution in [-0.2, 0) is 7.05 Å². The van der Waals surface area contributed by atoms with Crippen molar-refractivity contribution in [2.75, 3.05) is 13.1 Å². The van der Waals surface area contributed by atoms with Gasteiger partial charge in [0.1, 0.15) is 11.7 Å². The molecule has 1 aliphatic rings. The highest BCUT2D eigenvalue weighted by molar-refractivity contribution is 5.85. The van der Waals surface area contributed by atoms with E-state index in [4.69, 9.17) is 10.7 Å². The maximum Gasteiger partial charge on any atom is 0.408 e. The molecule has 11 heteroatoms. The molecule has 0 spiro atoms. The standard InChI is InChI=1S/C25H23F3N8/c1-34-12-18(11-30-34)16-3-2-15-4-6-20(31-21(15)10-16)24-33-32-22-7-5-17(13-36(22)24)23(25(26,27)28)35-9-8-19(29)14-35/h2-7,10-13,19,23H,8-9,14,29H2,1H3. The van der Waals surface area contributed by atoms with E-state index < -0.39 is 12.2 Å². The third kappa shape index (κ3) is 3.99. The Labute approximate surface area is 204 Å². The van der Waals surface area contributed by atoms with E-state index in [2.05, 4.69) is 15.3 Å². The Kier molecular flexibility index (Phi) is 5.27. The largest absolute Gasteiger partial charge is 0.408 e. The van der Waals surface area contributed by atoms with Gasteiger partial charge in [-0.15, -0.1) is 10.2 Å². The summed E-state index contributed by atoms with van der Waals surface area (Å²) in [6.45, 7) is 0.493. The third-order valence-electron chi connectivity index (χ3n) is 6.63. The van der Waals surface area contributed by atoms with Crippen LogP contribution in [0, 0.1) is 0 Å². The molecule has 8 nitrogen and oxygen atoms in total. The van der Waals surface area contributed by atoms with Gasteiger partial charge in [-0.25, -0.2) is 4.98 Å². The average Bonchev–Trinajstić information content (AvgIpc) is 3.57. The Hall–Kier alpha value is -3.83. The number of nitrogens with zero attached hydrogens (tertiary/aromatic N) is 7. The van der Waals surface area contributed by atoms with Gasteiger partial charge in [0.2, 0.25) is 0 Å². The topological polar surface area (TPSA) is 90.2 Å². The lowest BCUT2D eigenvalue weighted by atomic mass is 10.1. The zero-order valence-corrected chi connectivity index (χ0v) is 19.4. The van der Waals surface area contributed by atoms with Crippen molar-refractivity contribution in [3.63, 3.8) is 0 Å². The summed E-state index contributed by atoms with van der Waals surface area (Å²) < 4.78 is 45.7. The Balaban J connectivity index is 1.43. The fourth-order valence-corrected chi connectivity index (χ4v) is 4.89. The van der Waals surface area contributed by atoms with Gasteiger partial charge in [-0.1, -0.05) is 24.3 Å². The summed E-state index contributed by atoms with van der Waals surface area (Å²) in [5, 5.41) is 13.6. The number of benzene rings is 1. The molecule has 0 bridgehead atoms. The van der Waals surface area contributed by atoms with Crippen LogP contribution in [-0.4, -0.2) is 59.6 Å². The number of pyridine rings is 2. The van der Waals surface area contributed by atoms with Crippen LogP contribution in [0.4, 0.5) is 13.2 Å². The monoisotopic (exact) mass is 492 g/mol. The maximum absolute atomic E-state index is 14.1. The van der Waals surface area contributed by atoms with Gasteiger partial charge in [-0.3, -0.25) is 14.0 Å². The van der Waals surface area contributed by atoms with Crippen molar-refractivity contribution in [1.29, 1.82) is 0 Å². The van der Waals surface area contributed by atoms with Gasteiger partial charge in [0.15, 0.2) is 11.5 Å². The molecule has 36 heavy (non-hydrogen) atoms. The Morgan fingerprint density at radius 3 is 2.58 bits per heavy atom. The quantitative estimate of drug-likeness (QED) is 0.408. The number of hydrogen-bond donors (Lipinski definition) is 1. The summed E-state index contributed by atoms with van der Waals surface area (Å²) in [6.07, 6.45) is 1.25. The van der Waals surface area contributed by atoms with Crippen molar-refractivity contribution >= 4 is 16.6 Å². The van der Waals surface area contributed by atoms with E-state index in [9.17, 15) is 13.2 Å². The lowest BCUT2D eigenvalue weighted by Gasteiger charge is -2.30. The molecule has 0 radical (unpaired) electrons. The smallest absolute Gasteiger partial charge is 0.326 e. The SMILES string of the molecule is Cn1cc(-c2ccc3ccc(-c4nnc5ccc(C(N6CCC(N)C6)C(F)(F)F)cn45)nc3c2)cn1. The van der Waals surface area contributed by atoms with Crippen LogP contribution >= 0.6 is 0 Å². The number of halogens is 3. The summed E-state index contributed by atoms with van der Waals surface area (Å²) in [5.74, 6) is 0.375. The summed E-state index contributed by atoms with van der Waals surface area (Å²) in [6, 6.07) is 10.7. The molecule has 6 rings (SSSR count). The summed E-state index contributed by atoms with van der Waals surface area (Å²) >= 11 is 0. The Morgan fingerprint density at radius 1 is 1.03 bits per heavy atom. The van der Waals surface area contributed by atoms with E-state index in [1.807, 2.05) is 37.5 Å². The second-order valence-corrected chi connectivity index (χ2v) is 9.21. The number of likely N-dealkylation sites (tertiary alicyclic amines) is 1. The van der Waals surface area contributed by atoms with Crippen LogP contribution in [0.15, 0.2) is 61.1 Å². The van der Waals surface area contributed by atoms with E-state index in [0.29, 0.717) is 30.1 Å². The number of alkyl halides is 3. The van der Waals surface area contributed by atoms with Gasteiger partial charge in [0.05, 0.1) is 11.7 Å². The molecule has 0 saturated carbocycles. The summed E-state index contributed by atoms with van der Waals surface area (Å²) in [7, 11) is 1.85. The van der Waals surface area contributed by atoms with Crippen LogP contribution in [0.3, 0.4) is 0 Å². The molecule has 2 unspecified atom stereocenters. The number of aromatic nitrogens is 6. The number of fused-ring (bicyclic) bond motifs is 2. The lowest BCUT2D eigenvalue weighted by molar-refractivity contribution is -0.183. The van der Waals surface area contributed by atoms with Crippen molar-refractivity contribution in [2.45, 2.75) is 24.7 Å². The minimum Gasteiger partial charge on any atom is -0.326 e. The first kappa shape index (κ1) is 22.6. The first-order valence-corrected chi connectivity index (χ1v) is 11.6. The van der Waals surface area contributed by atoms with E-state index in [1.165, 1.54) is 17.2 Å². The molecule has 0 amide bonds. The van der Waals surface area contributed by atoms with Crippen LogP contribution < -0.4 is 5.73 Å². The van der Waals surface area contributed by atoms with E-state index in [0.717, 1.165) is 22.0 Å². The second-order valence-electron chi connectivity index (χ2n) is 9.21. The van der Waals surface area contributed by atoms with Crippen molar-refractivity contribution < 1.29 is 13.2 Å². The van der Waals surface area contributed by atoms with Gasteiger partial charge in [-0.05, 0) is 35.7 Å². The Morgan fingerprint density at radius 2 is 1.86 bits per heavy atom. The van der Waals surface area contributed by atoms with Crippen molar-refractivity contribution in [3.05, 3.63) is 66.6 Å². The van der Waals surface area contributed by atoms with Crippen LogP contribution in [0.5, 0.6) is 0 Å². The van der Waals surface area contributed by atoms with E-state index in [-0.39, 0.29) is 18.2 Å². The molecule has 1 aromatic carbocycles. The van der Waals surface area contributed by atoms with Gasteiger partial charge >= 0.3 is 6.18 Å². The normalized spacial score (nSPS) is 17.9. The minimum atomic E-state index is -4.45. The predicted octanol–water partition coefficient (Wildman–Crippen LogP) is 3.98. The van der Waals surface area contributed by atoms with Gasteiger partial charge in [0, 0.05) is 49.5 Å². The molecule has 1 saturated heterocycles. The molecule has 2 atom stereocenters. The third-order valence-corrected chi connectivity index (χ3v) is 6.63. The Bertz CT molecular complexity index is 1570. The van der Waals surface area contributed by atoms with Crippen molar-refractivity contribution in [3.8, 4) is 22.6 Å².